The van der Waals surface area contributed by atoms with E-state index >= 15 is 0 Å². The van der Waals surface area contributed by atoms with Gasteiger partial charge in [-0.2, -0.15) is 13.2 Å². The summed E-state index contributed by atoms with van der Waals surface area (Å²) >= 11 is 0. The van der Waals surface area contributed by atoms with Crippen LogP contribution in [-0.4, -0.2) is 54.7 Å². The van der Waals surface area contributed by atoms with Crippen LogP contribution >= 0.6 is 0 Å². The molecule has 25 heavy (non-hydrogen) atoms. The van der Waals surface area contributed by atoms with Crippen molar-refractivity contribution in [2.24, 2.45) is 5.92 Å². The van der Waals surface area contributed by atoms with Crippen LogP contribution in [0, 0.1) is 5.92 Å². The molecule has 2 heterocycles. The molecule has 140 valence electrons. The average molecular weight is 359 g/mol. The monoisotopic (exact) mass is 359 g/mol. The molecule has 5 nitrogen and oxygen atoms in total. The molecule has 1 aromatic heterocycles. The number of alkyl halides is 3. The van der Waals surface area contributed by atoms with E-state index in [1.165, 1.54) is 0 Å². The zero-order valence-electron chi connectivity index (χ0n) is 14.5. The second kappa shape index (κ2) is 8.62. The number of hydrogen-bond acceptors (Lipinski definition) is 4. The number of morpholine rings is 1. The van der Waals surface area contributed by atoms with Crippen molar-refractivity contribution >= 4 is 5.91 Å². The molecule has 1 fully saturated rings. The first-order chi connectivity index (χ1) is 11.8. The van der Waals surface area contributed by atoms with Crippen LogP contribution in [0.2, 0.25) is 0 Å². The molecule has 1 amide bonds. The van der Waals surface area contributed by atoms with Crippen LogP contribution in [0.4, 0.5) is 13.2 Å². The Labute approximate surface area is 145 Å². The van der Waals surface area contributed by atoms with E-state index < -0.39 is 17.8 Å². The lowest BCUT2D eigenvalue weighted by molar-refractivity contribution is -0.141. The molecular weight excluding hydrogens is 335 g/mol. The zero-order chi connectivity index (χ0) is 18.4. The molecule has 0 aliphatic carbocycles. The van der Waals surface area contributed by atoms with Gasteiger partial charge < -0.3 is 10.1 Å². The number of nitrogens with one attached hydrogen (secondary N) is 1. The summed E-state index contributed by atoms with van der Waals surface area (Å²) in [6.07, 6.45) is -2.62. The van der Waals surface area contributed by atoms with Crippen LogP contribution in [-0.2, 0) is 10.9 Å². The van der Waals surface area contributed by atoms with E-state index in [0.717, 1.165) is 37.8 Å². The Morgan fingerprint density at radius 2 is 2.00 bits per heavy atom. The largest absolute Gasteiger partial charge is 0.433 e. The minimum Gasteiger partial charge on any atom is -0.379 e. The molecule has 0 aromatic carbocycles. The fraction of sp³-hybridized carbons (Fsp3) is 0.647. The number of ether oxygens (including phenoxy) is 1. The van der Waals surface area contributed by atoms with Gasteiger partial charge in [0.1, 0.15) is 5.69 Å². The fourth-order valence-electron chi connectivity index (χ4n) is 2.86. The Morgan fingerprint density at radius 1 is 1.32 bits per heavy atom. The Hall–Kier alpha value is -1.67. The number of nitrogens with zero attached hydrogens (tertiary/aromatic N) is 2. The highest BCUT2D eigenvalue weighted by molar-refractivity contribution is 5.93. The Balaban J connectivity index is 1.95. The van der Waals surface area contributed by atoms with Crippen molar-refractivity contribution in [1.29, 1.82) is 0 Å². The summed E-state index contributed by atoms with van der Waals surface area (Å²) in [6, 6.07) is 2.15. The fourth-order valence-corrected chi connectivity index (χ4v) is 2.86. The number of pyridine rings is 1. The lowest BCUT2D eigenvalue weighted by Crippen LogP contribution is -2.49. The third-order valence-electron chi connectivity index (χ3n) is 4.12. The van der Waals surface area contributed by atoms with Gasteiger partial charge in [0.2, 0.25) is 0 Å². The lowest BCUT2D eigenvalue weighted by Gasteiger charge is -2.35. The smallest absolute Gasteiger partial charge is 0.379 e. The molecule has 0 bridgehead atoms. The van der Waals surface area contributed by atoms with Gasteiger partial charge >= 0.3 is 6.18 Å². The number of carbonyl (C=O) groups is 1. The molecule has 1 saturated heterocycles. The first kappa shape index (κ1) is 19.7. The minimum atomic E-state index is -4.51. The predicted molar refractivity (Wildman–Crippen MR) is 87.2 cm³/mol. The van der Waals surface area contributed by atoms with Gasteiger partial charge in [0.15, 0.2) is 0 Å². The SMILES string of the molecule is CC(C)CC(CNC(=O)c1ccc(C(F)(F)F)nc1)N1CCOCC1. The molecule has 2 rings (SSSR count). The molecule has 1 aromatic rings. The number of hydrogen-bond donors (Lipinski definition) is 1. The molecule has 0 saturated carbocycles. The van der Waals surface area contributed by atoms with Crippen molar-refractivity contribution in [2.45, 2.75) is 32.5 Å². The van der Waals surface area contributed by atoms with Crippen LogP contribution in [0.1, 0.15) is 36.3 Å². The summed E-state index contributed by atoms with van der Waals surface area (Å²) in [6.45, 7) is 7.66. The van der Waals surface area contributed by atoms with E-state index in [4.69, 9.17) is 4.74 Å². The Bertz CT molecular complexity index is 555. The van der Waals surface area contributed by atoms with Gasteiger partial charge in [0, 0.05) is 31.9 Å². The summed E-state index contributed by atoms with van der Waals surface area (Å²) in [5.74, 6) is 0.0562. The topological polar surface area (TPSA) is 54.5 Å². The molecule has 8 heteroatoms. The van der Waals surface area contributed by atoms with E-state index in [1.54, 1.807) is 0 Å². The van der Waals surface area contributed by atoms with Crippen molar-refractivity contribution in [3.05, 3.63) is 29.6 Å². The quantitative estimate of drug-likeness (QED) is 0.848. The second-order valence-corrected chi connectivity index (χ2v) is 6.57. The first-order valence-corrected chi connectivity index (χ1v) is 8.40. The molecule has 1 aliphatic rings. The third kappa shape index (κ3) is 5.97. The van der Waals surface area contributed by atoms with E-state index in [9.17, 15) is 18.0 Å². The van der Waals surface area contributed by atoms with E-state index in [2.05, 4.69) is 29.0 Å². The molecule has 1 atom stereocenters. The molecule has 0 spiro atoms. The summed E-state index contributed by atoms with van der Waals surface area (Å²) < 4.78 is 42.9. The van der Waals surface area contributed by atoms with Crippen LogP contribution in [0.3, 0.4) is 0 Å². The maximum absolute atomic E-state index is 12.5. The number of aromatic nitrogens is 1. The maximum atomic E-state index is 12.5. The summed E-state index contributed by atoms with van der Waals surface area (Å²) in [5, 5.41) is 2.82. The van der Waals surface area contributed by atoms with Gasteiger partial charge in [-0.3, -0.25) is 14.7 Å². The summed E-state index contributed by atoms with van der Waals surface area (Å²) in [5.41, 5.74) is -0.881. The van der Waals surface area contributed by atoms with Crippen molar-refractivity contribution in [2.75, 3.05) is 32.8 Å². The number of amides is 1. The lowest BCUT2D eigenvalue weighted by atomic mass is 10.0. The van der Waals surface area contributed by atoms with E-state index in [0.29, 0.717) is 25.7 Å². The van der Waals surface area contributed by atoms with Gasteiger partial charge in [-0.15, -0.1) is 0 Å². The van der Waals surface area contributed by atoms with E-state index in [1.807, 2.05) is 0 Å². The number of carbonyl (C=O) groups excluding carboxylic acids is 1. The summed E-state index contributed by atoms with van der Waals surface area (Å²) in [4.78, 5) is 17.8. The Kier molecular flexibility index (Phi) is 6.78. The van der Waals surface area contributed by atoms with Gasteiger partial charge in [0.05, 0.1) is 18.8 Å². The van der Waals surface area contributed by atoms with Gasteiger partial charge in [0.25, 0.3) is 5.91 Å². The molecule has 0 radical (unpaired) electrons. The van der Waals surface area contributed by atoms with Crippen molar-refractivity contribution in [1.82, 2.24) is 15.2 Å². The van der Waals surface area contributed by atoms with Crippen LogP contribution in [0.25, 0.3) is 0 Å². The second-order valence-electron chi connectivity index (χ2n) is 6.57. The van der Waals surface area contributed by atoms with Crippen LogP contribution in [0.15, 0.2) is 18.3 Å². The van der Waals surface area contributed by atoms with Crippen molar-refractivity contribution in [3.63, 3.8) is 0 Å². The van der Waals surface area contributed by atoms with Crippen LogP contribution < -0.4 is 5.32 Å². The molecule has 1 aliphatic heterocycles. The normalized spacial score (nSPS) is 17.5. The van der Waals surface area contributed by atoms with Gasteiger partial charge in [-0.05, 0) is 24.5 Å². The summed E-state index contributed by atoms with van der Waals surface area (Å²) in [7, 11) is 0. The third-order valence-corrected chi connectivity index (χ3v) is 4.12. The standard InChI is InChI=1S/C17H24F3N3O2/c1-12(2)9-14(23-5-7-25-8-6-23)11-22-16(24)13-3-4-15(21-10-13)17(18,19)20/h3-4,10,12,14H,5-9,11H2,1-2H3,(H,22,24). The highest BCUT2D eigenvalue weighted by Gasteiger charge is 2.32. The van der Waals surface area contributed by atoms with Crippen molar-refractivity contribution in [3.8, 4) is 0 Å². The van der Waals surface area contributed by atoms with Gasteiger partial charge in [-0.1, -0.05) is 13.8 Å². The highest BCUT2D eigenvalue weighted by atomic mass is 19.4. The van der Waals surface area contributed by atoms with E-state index in [-0.39, 0.29) is 11.6 Å². The van der Waals surface area contributed by atoms with Crippen molar-refractivity contribution < 1.29 is 22.7 Å². The Morgan fingerprint density at radius 3 is 2.52 bits per heavy atom. The average Bonchev–Trinajstić information content (AvgIpc) is 2.58. The predicted octanol–water partition coefficient (Wildman–Crippen LogP) is 2.58. The number of halogens is 3. The molecule has 1 N–H and O–H groups in total. The highest BCUT2D eigenvalue weighted by Crippen LogP contribution is 2.27. The maximum Gasteiger partial charge on any atom is 0.433 e. The zero-order valence-corrected chi connectivity index (χ0v) is 14.5. The number of rotatable bonds is 6. The minimum absolute atomic E-state index is 0.123. The first-order valence-electron chi connectivity index (χ1n) is 8.40. The van der Waals surface area contributed by atoms with Crippen LogP contribution in [0.5, 0.6) is 0 Å². The van der Waals surface area contributed by atoms with Gasteiger partial charge in [-0.25, -0.2) is 0 Å². The molecule has 1 unspecified atom stereocenters. The molecular formula is C17H24F3N3O2.